The van der Waals surface area contributed by atoms with Gasteiger partial charge in [0.2, 0.25) is 0 Å². The van der Waals surface area contributed by atoms with Crippen molar-refractivity contribution in [1.82, 2.24) is 9.97 Å². The molecule has 0 aliphatic rings. The molecular formula is C14H15Cl2N3O. The highest BCUT2D eigenvalue weighted by Crippen LogP contribution is 2.26. The lowest BCUT2D eigenvalue weighted by Crippen LogP contribution is -2.05. The largest absolute Gasteiger partial charge is 0.378 e. The smallest absolute Gasteiger partial charge is 0.135 e. The number of hydrogen-bond donors (Lipinski definition) is 1. The van der Waals surface area contributed by atoms with Gasteiger partial charge in [-0.3, -0.25) is 0 Å². The third-order valence-corrected chi connectivity index (χ3v) is 3.48. The highest BCUT2D eigenvalue weighted by atomic mass is 35.5. The number of rotatable bonds is 5. The van der Waals surface area contributed by atoms with Crippen molar-refractivity contribution in [2.45, 2.75) is 13.0 Å². The fraction of sp³-hybridized carbons (Fsp3) is 0.286. The molecule has 2 aromatic rings. The summed E-state index contributed by atoms with van der Waals surface area (Å²) in [6, 6.07) is 7.28. The van der Waals surface area contributed by atoms with Gasteiger partial charge >= 0.3 is 0 Å². The zero-order valence-electron chi connectivity index (χ0n) is 11.3. The van der Waals surface area contributed by atoms with E-state index in [0.717, 1.165) is 17.1 Å². The molecule has 0 aliphatic carbocycles. The summed E-state index contributed by atoms with van der Waals surface area (Å²) in [5.41, 5.74) is 1.64. The lowest BCUT2D eigenvalue weighted by molar-refractivity contribution is 0.181. The minimum Gasteiger partial charge on any atom is -0.378 e. The summed E-state index contributed by atoms with van der Waals surface area (Å²) >= 11 is 12.3. The first-order chi connectivity index (χ1) is 9.63. The van der Waals surface area contributed by atoms with Crippen molar-refractivity contribution in [3.8, 4) is 0 Å². The van der Waals surface area contributed by atoms with Crippen LogP contribution in [-0.2, 0) is 17.8 Å². The molecule has 106 valence electrons. The van der Waals surface area contributed by atoms with E-state index in [1.54, 1.807) is 19.2 Å². The van der Waals surface area contributed by atoms with E-state index in [4.69, 9.17) is 27.9 Å². The second-order valence-electron chi connectivity index (χ2n) is 4.22. The van der Waals surface area contributed by atoms with Gasteiger partial charge in [-0.05, 0) is 17.7 Å². The van der Waals surface area contributed by atoms with Crippen LogP contribution in [0.5, 0.6) is 0 Å². The number of ether oxygens (including phenoxy) is 1. The summed E-state index contributed by atoms with van der Waals surface area (Å²) in [6.07, 6.45) is 0.477. The molecule has 20 heavy (non-hydrogen) atoms. The van der Waals surface area contributed by atoms with E-state index < -0.39 is 0 Å². The van der Waals surface area contributed by atoms with Crippen LogP contribution in [0.1, 0.15) is 17.1 Å². The molecule has 0 fully saturated rings. The number of nitrogens with zero attached hydrogens (tertiary/aromatic N) is 2. The average molecular weight is 312 g/mol. The summed E-state index contributed by atoms with van der Waals surface area (Å²) in [6.45, 7) is 0.431. The lowest BCUT2D eigenvalue weighted by atomic mass is 10.1. The fourth-order valence-electron chi connectivity index (χ4n) is 1.84. The maximum Gasteiger partial charge on any atom is 0.135 e. The van der Waals surface area contributed by atoms with E-state index in [9.17, 15) is 0 Å². The summed E-state index contributed by atoms with van der Waals surface area (Å²) < 4.78 is 5.11. The van der Waals surface area contributed by atoms with E-state index >= 15 is 0 Å². The van der Waals surface area contributed by atoms with Gasteiger partial charge in [-0.1, -0.05) is 29.3 Å². The van der Waals surface area contributed by atoms with E-state index in [2.05, 4.69) is 15.3 Å². The number of benzene rings is 1. The normalized spacial score (nSPS) is 10.6. The Labute approximate surface area is 128 Å². The maximum absolute atomic E-state index is 6.17. The standard InChI is InChI=1S/C14H15Cl2N3O/c1-17-13-6-9(8-20-2)18-14(19-13)7-10-11(15)4-3-5-12(10)16/h3-6H,7-8H2,1-2H3,(H,17,18,19). The second-order valence-corrected chi connectivity index (χ2v) is 5.04. The minimum absolute atomic E-state index is 0.431. The molecule has 0 atom stereocenters. The van der Waals surface area contributed by atoms with Crippen molar-refractivity contribution in [3.05, 3.63) is 51.4 Å². The predicted octanol–water partition coefficient (Wildman–Crippen LogP) is 3.56. The summed E-state index contributed by atoms with van der Waals surface area (Å²) in [5, 5.41) is 4.24. The van der Waals surface area contributed by atoms with Gasteiger partial charge in [-0.2, -0.15) is 0 Å². The van der Waals surface area contributed by atoms with Crippen molar-refractivity contribution in [2.75, 3.05) is 19.5 Å². The third-order valence-electron chi connectivity index (χ3n) is 2.77. The van der Waals surface area contributed by atoms with Crippen LogP contribution in [0.4, 0.5) is 5.82 Å². The van der Waals surface area contributed by atoms with Gasteiger partial charge in [0.15, 0.2) is 0 Å². The van der Waals surface area contributed by atoms with Crippen LogP contribution < -0.4 is 5.32 Å². The van der Waals surface area contributed by atoms with Gasteiger partial charge in [0.1, 0.15) is 11.6 Å². The predicted molar refractivity (Wildman–Crippen MR) is 81.6 cm³/mol. The van der Waals surface area contributed by atoms with Gasteiger partial charge in [0.05, 0.1) is 12.3 Å². The number of methoxy groups -OCH3 is 1. The van der Waals surface area contributed by atoms with Gasteiger partial charge in [-0.25, -0.2) is 9.97 Å². The minimum atomic E-state index is 0.431. The fourth-order valence-corrected chi connectivity index (χ4v) is 2.37. The van der Waals surface area contributed by atoms with Crippen molar-refractivity contribution in [1.29, 1.82) is 0 Å². The maximum atomic E-state index is 6.17. The Kier molecular flexibility index (Phi) is 5.17. The van der Waals surface area contributed by atoms with Gasteiger partial charge in [0, 0.05) is 36.7 Å². The first kappa shape index (κ1) is 15.0. The molecule has 0 bridgehead atoms. The molecule has 1 heterocycles. The highest BCUT2D eigenvalue weighted by molar-refractivity contribution is 6.36. The number of anilines is 1. The van der Waals surface area contributed by atoms with Crippen LogP contribution in [0, 0.1) is 0 Å². The van der Waals surface area contributed by atoms with E-state index in [1.165, 1.54) is 0 Å². The van der Waals surface area contributed by atoms with Crippen LogP contribution in [0.25, 0.3) is 0 Å². The summed E-state index contributed by atoms with van der Waals surface area (Å²) in [4.78, 5) is 8.87. The van der Waals surface area contributed by atoms with E-state index in [1.807, 2.05) is 19.2 Å². The molecule has 0 aliphatic heterocycles. The first-order valence-electron chi connectivity index (χ1n) is 6.10. The van der Waals surface area contributed by atoms with E-state index in [0.29, 0.717) is 28.9 Å². The van der Waals surface area contributed by atoms with Crippen LogP contribution in [0.3, 0.4) is 0 Å². The SMILES string of the molecule is CNc1cc(COC)nc(Cc2c(Cl)cccc2Cl)n1. The van der Waals surface area contributed by atoms with Crippen molar-refractivity contribution in [2.24, 2.45) is 0 Å². The average Bonchev–Trinajstić information content (AvgIpc) is 2.43. The third kappa shape index (κ3) is 3.60. The Bertz CT molecular complexity index is 585. The molecule has 0 amide bonds. The van der Waals surface area contributed by atoms with E-state index in [-0.39, 0.29) is 0 Å². The van der Waals surface area contributed by atoms with Crippen molar-refractivity contribution in [3.63, 3.8) is 0 Å². The quantitative estimate of drug-likeness (QED) is 0.917. The Morgan fingerprint density at radius 2 is 1.90 bits per heavy atom. The zero-order chi connectivity index (χ0) is 14.5. The molecule has 1 N–H and O–H groups in total. The van der Waals surface area contributed by atoms with Crippen molar-refractivity contribution < 1.29 is 4.74 Å². The molecule has 0 radical (unpaired) electrons. The Balaban J connectivity index is 2.35. The number of nitrogens with one attached hydrogen (secondary N) is 1. The molecule has 1 aromatic carbocycles. The molecule has 0 saturated carbocycles. The number of halogens is 2. The Morgan fingerprint density at radius 1 is 1.20 bits per heavy atom. The Hall–Kier alpha value is -1.36. The summed E-state index contributed by atoms with van der Waals surface area (Å²) in [5.74, 6) is 1.39. The molecule has 4 nitrogen and oxygen atoms in total. The van der Waals surface area contributed by atoms with Gasteiger partial charge in [-0.15, -0.1) is 0 Å². The second kappa shape index (κ2) is 6.88. The van der Waals surface area contributed by atoms with Crippen LogP contribution >= 0.6 is 23.2 Å². The van der Waals surface area contributed by atoms with Crippen LogP contribution in [0.2, 0.25) is 10.0 Å². The molecule has 0 unspecified atom stereocenters. The van der Waals surface area contributed by atoms with Gasteiger partial charge < -0.3 is 10.1 Å². The van der Waals surface area contributed by atoms with Crippen molar-refractivity contribution >= 4 is 29.0 Å². The first-order valence-corrected chi connectivity index (χ1v) is 6.86. The number of hydrogen-bond acceptors (Lipinski definition) is 4. The molecule has 0 spiro atoms. The van der Waals surface area contributed by atoms with Crippen LogP contribution in [0.15, 0.2) is 24.3 Å². The molecule has 1 aromatic heterocycles. The monoisotopic (exact) mass is 311 g/mol. The molecule has 0 saturated heterocycles. The van der Waals surface area contributed by atoms with Crippen LogP contribution in [-0.4, -0.2) is 24.1 Å². The topological polar surface area (TPSA) is 47.0 Å². The van der Waals surface area contributed by atoms with Gasteiger partial charge in [0.25, 0.3) is 0 Å². The lowest BCUT2D eigenvalue weighted by Gasteiger charge is -2.09. The highest BCUT2D eigenvalue weighted by Gasteiger charge is 2.10. The molecule has 2 rings (SSSR count). The molecule has 6 heteroatoms. The zero-order valence-corrected chi connectivity index (χ0v) is 12.8. The Morgan fingerprint density at radius 3 is 2.50 bits per heavy atom. The summed E-state index contributed by atoms with van der Waals surface area (Å²) in [7, 11) is 3.44. The number of aromatic nitrogens is 2. The molecular weight excluding hydrogens is 297 g/mol.